The van der Waals surface area contributed by atoms with Gasteiger partial charge >= 0.3 is 5.97 Å². The largest absolute Gasteiger partial charge is 0.451 e. The Labute approximate surface area is 149 Å². The van der Waals surface area contributed by atoms with Gasteiger partial charge in [-0.25, -0.2) is 4.79 Å². The standard InChI is InChI=1S/C19H25N3O3/c1-13(2)14(3)21-18(23)12-25-19(24)16(11-20)10-15-6-8-17(9-7-15)22(4)5/h6-10,13-14H,12H2,1-5H3,(H,21,23)/b16-10+/t14-/m1/s1. The molecule has 1 aromatic carbocycles. The molecule has 0 aliphatic carbocycles. The van der Waals surface area contributed by atoms with E-state index in [1.165, 1.54) is 6.08 Å². The van der Waals surface area contributed by atoms with Crippen LogP contribution in [-0.4, -0.2) is 38.6 Å². The number of carbonyl (C=O) groups excluding carboxylic acids is 2. The van der Waals surface area contributed by atoms with Crippen molar-refractivity contribution in [2.24, 2.45) is 5.92 Å². The first kappa shape index (κ1) is 20.2. The third-order valence-corrected chi connectivity index (χ3v) is 3.78. The maximum Gasteiger partial charge on any atom is 0.349 e. The lowest BCUT2D eigenvalue weighted by atomic mass is 10.1. The van der Waals surface area contributed by atoms with E-state index in [0.29, 0.717) is 5.56 Å². The van der Waals surface area contributed by atoms with Crippen molar-refractivity contribution in [2.45, 2.75) is 26.8 Å². The first-order valence-corrected chi connectivity index (χ1v) is 8.10. The maximum absolute atomic E-state index is 12.0. The molecule has 134 valence electrons. The number of hydrogen-bond donors (Lipinski definition) is 1. The van der Waals surface area contributed by atoms with Crippen LogP contribution in [0.25, 0.3) is 6.08 Å². The molecule has 1 rings (SSSR count). The van der Waals surface area contributed by atoms with Crippen molar-refractivity contribution in [1.82, 2.24) is 5.32 Å². The molecule has 25 heavy (non-hydrogen) atoms. The molecule has 1 N–H and O–H groups in total. The van der Waals surface area contributed by atoms with Crippen molar-refractivity contribution >= 4 is 23.6 Å². The molecule has 0 saturated heterocycles. The van der Waals surface area contributed by atoms with Crippen LogP contribution in [-0.2, 0) is 14.3 Å². The highest BCUT2D eigenvalue weighted by Crippen LogP contribution is 2.15. The van der Waals surface area contributed by atoms with Crippen LogP contribution in [0.4, 0.5) is 5.69 Å². The van der Waals surface area contributed by atoms with Gasteiger partial charge in [0.15, 0.2) is 6.61 Å². The Morgan fingerprint density at radius 2 is 1.84 bits per heavy atom. The number of rotatable bonds is 7. The first-order chi connectivity index (χ1) is 11.7. The second-order valence-electron chi connectivity index (χ2n) is 6.33. The lowest BCUT2D eigenvalue weighted by Crippen LogP contribution is -2.38. The van der Waals surface area contributed by atoms with Crippen LogP contribution < -0.4 is 10.2 Å². The molecule has 0 heterocycles. The number of nitriles is 1. The van der Waals surface area contributed by atoms with Crippen LogP contribution in [0.2, 0.25) is 0 Å². The van der Waals surface area contributed by atoms with Gasteiger partial charge in [0.1, 0.15) is 11.6 Å². The van der Waals surface area contributed by atoms with Gasteiger partial charge in [0.05, 0.1) is 0 Å². The summed E-state index contributed by atoms with van der Waals surface area (Å²) in [5.41, 5.74) is 1.56. The zero-order valence-corrected chi connectivity index (χ0v) is 15.4. The number of anilines is 1. The minimum absolute atomic E-state index is 0.0209. The molecule has 0 fully saturated rings. The minimum atomic E-state index is -0.813. The number of ether oxygens (including phenoxy) is 1. The predicted molar refractivity (Wildman–Crippen MR) is 97.8 cm³/mol. The average Bonchev–Trinajstić information content (AvgIpc) is 2.57. The fourth-order valence-corrected chi connectivity index (χ4v) is 1.84. The van der Waals surface area contributed by atoms with Crippen molar-refractivity contribution in [3.8, 4) is 6.07 Å². The van der Waals surface area contributed by atoms with Crippen LogP contribution in [0.15, 0.2) is 29.8 Å². The summed E-state index contributed by atoms with van der Waals surface area (Å²) in [5.74, 6) is -0.923. The highest BCUT2D eigenvalue weighted by molar-refractivity contribution is 5.98. The van der Waals surface area contributed by atoms with Gasteiger partial charge < -0.3 is 15.0 Å². The topological polar surface area (TPSA) is 82.4 Å². The van der Waals surface area contributed by atoms with Crippen LogP contribution >= 0.6 is 0 Å². The Balaban J connectivity index is 2.68. The van der Waals surface area contributed by atoms with Gasteiger partial charge in [-0.2, -0.15) is 5.26 Å². The van der Waals surface area contributed by atoms with E-state index in [1.807, 2.05) is 58.0 Å². The fourth-order valence-electron chi connectivity index (χ4n) is 1.84. The molecule has 1 aromatic rings. The molecule has 0 bridgehead atoms. The molecule has 1 amide bonds. The Morgan fingerprint density at radius 3 is 2.32 bits per heavy atom. The van der Waals surface area contributed by atoms with E-state index < -0.39 is 12.6 Å². The molecule has 0 aromatic heterocycles. The van der Waals surface area contributed by atoms with E-state index in [2.05, 4.69) is 5.32 Å². The van der Waals surface area contributed by atoms with E-state index in [9.17, 15) is 9.59 Å². The highest BCUT2D eigenvalue weighted by Gasteiger charge is 2.15. The summed E-state index contributed by atoms with van der Waals surface area (Å²) >= 11 is 0. The third-order valence-electron chi connectivity index (χ3n) is 3.78. The Bertz CT molecular complexity index is 670. The lowest BCUT2D eigenvalue weighted by Gasteiger charge is -2.17. The second kappa shape index (κ2) is 9.48. The van der Waals surface area contributed by atoms with Crippen LogP contribution in [0, 0.1) is 17.2 Å². The SMILES string of the molecule is CC(C)[C@@H](C)NC(=O)COC(=O)/C(C#N)=C/c1ccc(N(C)C)cc1. The normalized spacial score (nSPS) is 12.3. The molecule has 0 aliphatic rings. The van der Waals surface area contributed by atoms with Crippen molar-refractivity contribution < 1.29 is 14.3 Å². The monoisotopic (exact) mass is 343 g/mol. The Morgan fingerprint density at radius 1 is 1.24 bits per heavy atom. The van der Waals surface area contributed by atoms with E-state index in [4.69, 9.17) is 10.00 Å². The average molecular weight is 343 g/mol. The molecule has 1 atom stereocenters. The lowest BCUT2D eigenvalue weighted by molar-refractivity contribution is -0.144. The highest BCUT2D eigenvalue weighted by atomic mass is 16.5. The van der Waals surface area contributed by atoms with Crippen LogP contribution in [0.5, 0.6) is 0 Å². The fraction of sp³-hybridized carbons (Fsp3) is 0.421. The first-order valence-electron chi connectivity index (χ1n) is 8.10. The summed E-state index contributed by atoms with van der Waals surface area (Å²) in [6.07, 6.45) is 1.44. The number of nitrogens with one attached hydrogen (secondary N) is 1. The van der Waals surface area contributed by atoms with Gasteiger partial charge in [-0.3, -0.25) is 4.79 Å². The number of esters is 1. The predicted octanol–water partition coefficient (Wildman–Crippen LogP) is 2.36. The summed E-state index contributed by atoms with van der Waals surface area (Å²) in [4.78, 5) is 25.7. The molecular formula is C19H25N3O3. The minimum Gasteiger partial charge on any atom is -0.451 e. The van der Waals surface area contributed by atoms with Crippen molar-refractivity contribution in [3.05, 3.63) is 35.4 Å². The van der Waals surface area contributed by atoms with E-state index >= 15 is 0 Å². The van der Waals surface area contributed by atoms with Gasteiger partial charge in [-0.05, 0) is 36.6 Å². The maximum atomic E-state index is 12.0. The molecule has 6 heteroatoms. The molecule has 6 nitrogen and oxygen atoms in total. The summed E-state index contributed by atoms with van der Waals surface area (Å²) < 4.78 is 4.92. The Kier molecular flexibility index (Phi) is 7.67. The Hall–Kier alpha value is -2.81. The van der Waals surface area contributed by atoms with Crippen LogP contribution in [0.3, 0.4) is 0 Å². The molecule has 0 spiro atoms. The number of amides is 1. The van der Waals surface area contributed by atoms with Crippen LogP contribution in [0.1, 0.15) is 26.3 Å². The number of benzene rings is 1. The van der Waals surface area contributed by atoms with Gasteiger partial charge in [0.25, 0.3) is 5.91 Å². The van der Waals surface area contributed by atoms with Gasteiger partial charge in [0, 0.05) is 25.8 Å². The molecule has 0 unspecified atom stereocenters. The quantitative estimate of drug-likeness (QED) is 0.467. The van der Waals surface area contributed by atoms with Gasteiger partial charge in [0.2, 0.25) is 0 Å². The molecular weight excluding hydrogens is 318 g/mol. The second-order valence-corrected chi connectivity index (χ2v) is 6.33. The van der Waals surface area contributed by atoms with Crippen molar-refractivity contribution in [2.75, 3.05) is 25.6 Å². The molecule has 0 aliphatic heterocycles. The zero-order valence-electron chi connectivity index (χ0n) is 15.4. The van der Waals surface area contributed by atoms with E-state index in [-0.39, 0.29) is 23.4 Å². The summed E-state index contributed by atoms with van der Waals surface area (Å²) in [6.45, 7) is 5.43. The van der Waals surface area contributed by atoms with Gasteiger partial charge in [-0.15, -0.1) is 0 Å². The van der Waals surface area contributed by atoms with Crippen molar-refractivity contribution in [3.63, 3.8) is 0 Å². The van der Waals surface area contributed by atoms with E-state index in [0.717, 1.165) is 5.69 Å². The van der Waals surface area contributed by atoms with E-state index in [1.54, 1.807) is 12.1 Å². The summed E-state index contributed by atoms with van der Waals surface area (Å²) in [5, 5.41) is 11.9. The number of hydrogen-bond acceptors (Lipinski definition) is 5. The molecule has 0 radical (unpaired) electrons. The zero-order chi connectivity index (χ0) is 19.0. The molecule has 0 saturated carbocycles. The summed E-state index contributed by atoms with van der Waals surface area (Å²) in [6, 6.07) is 9.16. The number of carbonyl (C=O) groups is 2. The third kappa shape index (κ3) is 6.68. The van der Waals surface area contributed by atoms with Gasteiger partial charge in [-0.1, -0.05) is 26.0 Å². The smallest absolute Gasteiger partial charge is 0.349 e. The number of nitrogens with zero attached hydrogens (tertiary/aromatic N) is 2. The summed E-state index contributed by atoms with van der Waals surface area (Å²) in [7, 11) is 3.85. The van der Waals surface area contributed by atoms with Crippen molar-refractivity contribution in [1.29, 1.82) is 5.26 Å².